The average Bonchev–Trinajstić information content (AvgIpc) is 2.51. The van der Waals surface area contributed by atoms with Gasteiger partial charge in [0.1, 0.15) is 5.83 Å². The van der Waals surface area contributed by atoms with Crippen molar-refractivity contribution in [3.05, 3.63) is 48.4 Å². The van der Waals surface area contributed by atoms with Crippen LogP contribution in [-0.2, 0) is 0 Å². The Balaban J connectivity index is 2.71. The van der Waals surface area contributed by atoms with Crippen LogP contribution in [0.15, 0.2) is 48.4 Å². The predicted molar refractivity (Wildman–Crippen MR) is 87.3 cm³/mol. The molecule has 0 nitrogen and oxygen atoms in total. The van der Waals surface area contributed by atoms with E-state index in [1.807, 2.05) is 12.2 Å². The predicted octanol–water partition coefficient (Wildman–Crippen LogP) is 6.52. The van der Waals surface area contributed by atoms with Crippen LogP contribution in [0.25, 0.3) is 0 Å². The molecule has 0 radical (unpaired) electrons. The van der Waals surface area contributed by atoms with Crippen LogP contribution in [0.3, 0.4) is 0 Å². The van der Waals surface area contributed by atoms with Crippen LogP contribution in [0, 0.1) is 11.8 Å². The molecule has 0 saturated heterocycles. The van der Waals surface area contributed by atoms with E-state index in [0.717, 1.165) is 25.7 Å². The third kappa shape index (κ3) is 5.48. The third-order valence-electron chi connectivity index (χ3n) is 4.20. The molecule has 0 aliphatic heterocycles. The highest BCUT2D eigenvalue weighted by atomic mass is 19.1. The minimum absolute atomic E-state index is 0.0269. The fraction of sp³-hybridized carbons (Fsp3) is 0.579. The Hall–Kier alpha value is -1.11. The molecule has 1 aliphatic rings. The Labute approximate surface area is 124 Å². The van der Waals surface area contributed by atoms with Crippen molar-refractivity contribution in [2.75, 3.05) is 0 Å². The van der Waals surface area contributed by atoms with Gasteiger partial charge in [-0.05, 0) is 49.7 Å². The first-order valence-corrected chi connectivity index (χ1v) is 8.07. The lowest BCUT2D eigenvalue weighted by Crippen LogP contribution is -2.03. The van der Waals surface area contributed by atoms with Crippen LogP contribution in [0.5, 0.6) is 0 Å². The first-order valence-electron chi connectivity index (χ1n) is 8.07. The maximum absolute atomic E-state index is 14.2. The van der Waals surface area contributed by atoms with Gasteiger partial charge in [-0.3, -0.25) is 0 Å². The fourth-order valence-electron chi connectivity index (χ4n) is 2.78. The molecule has 112 valence electrons. The standard InChI is InChI=1S/C19H29F/c1-4-7-11-16(5-2)17(6-3)14-15-19(20)18-12-9-8-10-13-18/h6,8-9,14-16,18H,3-5,7,10-13H2,1-2H3/b17-14+,19-15-. The van der Waals surface area contributed by atoms with Crippen molar-refractivity contribution < 1.29 is 4.39 Å². The molecule has 0 spiro atoms. The summed E-state index contributed by atoms with van der Waals surface area (Å²) < 4.78 is 14.2. The van der Waals surface area contributed by atoms with Crippen molar-refractivity contribution >= 4 is 0 Å². The lowest BCUT2D eigenvalue weighted by Gasteiger charge is -2.17. The van der Waals surface area contributed by atoms with E-state index in [9.17, 15) is 4.39 Å². The lowest BCUT2D eigenvalue weighted by molar-refractivity contribution is 0.435. The van der Waals surface area contributed by atoms with E-state index in [0.29, 0.717) is 5.92 Å². The number of unbranched alkanes of at least 4 members (excludes halogenated alkanes) is 1. The molecule has 0 saturated carbocycles. The van der Waals surface area contributed by atoms with E-state index in [1.54, 1.807) is 6.08 Å². The smallest absolute Gasteiger partial charge is 0.103 e. The minimum Gasteiger partial charge on any atom is -0.212 e. The largest absolute Gasteiger partial charge is 0.212 e. The molecule has 20 heavy (non-hydrogen) atoms. The maximum Gasteiger partial charge on any atom is 0.103 e. The van der Waals surface area contributed by atoms with E-state index < -0.39 is 0 Å². The van der Waals surface area contributed by atoms with E-state index in [1.165, 1.54) is 24.8 Å². The van der Waals surface area contributed by atoms with Crippen molar-refractivity contribution in [3.8, 4) is 0 Å². The van der Waals surface area contributed by atoms with Crippen molar-refractivity contribution in [1.82, 2.24) is 0 Å². The second kappa shape index (κ2) is 9.74. The van der Waals surface area contributed by atoms with Gasteiger partial charge >= 0.3 is 0 Å². The average molecular weight is 276 g/mol. The highest BCUT2D eigenvalue weighted by molar-refractivity contribution is 5.26. The SMILES string of the molecule is C=C/C(=C\C=C(/F)C1CC=CCC1)C(CC)CCCC. The second-order valence-corrected chi connectivity index (χ2v) is 5.65. The Bertz CT molecular complexity index is 373. The Morgan fingerprint density at radius 2 is 2.15 bits per heavy atom. The molecule has 0 heterocycles. The summed E-state index contributed by atoms with van der Waals surface area (Å²) in [5.74, 6) is 0.625. The van der Waals surface area contributed by atoms with Gasteiger partial charge in [0.15, 0.2) is 0 Å². The summed E-state index contributed by atoms with van der Waals surface area (Å²) in [6, 6.07) is 0. The van der Waals surface area contributed by atoms with Gasteiger partial charge in [0, 0.05) is 5.92 Å². The normalized spacial score (nSPS) is 21.9. The Kier molecular flexibility index (Phi) is 8.25. The van der Waals surface area contributed by atoms with E-state index in [4.69, 9.17) is 0 Å². The minimum atomic E-state index is 0.0269. The number of halogens is 1. The summed E-state index contributed by atoms with van der Waals surface area (Å²) in [5, 5.41) is 0. The second-order valence-electron chi connectivity index (χ2n) is 5.65. The van der Waals surface area contributed by atoms with Crippen LogP contribution in [0.1, 0.15) is 58.8 Å². The molecular weight excluding hydrogens is 247 g/mol. The molecule has 1 aliphatic carbocycles. The van der Waals surface area contributed by atoms with Gasteiger partial charge in [-0.2, -0.15) is 0 Å². The third-order valence-corrected chi connectivity index (χ3v) is 4.20. The van der Waals surface area contributed by atoms with Crippen molar-refractivity contribution in [1.29, 1.82) is 0 Å². The summed E-state index contributed by atoms with van der Waals surface area (Å²) >= 11 is 0. The molecule has 0 aromatic heterocycles. The van der Waals surface area contributed by atoms with Gasteiger partial charge in [-0.25, -0.2) is 4.39 Å². The quantitative estimate of drug-likeness (QED) is 0.349. The fourth-order valence-corrected chi connectivity index (χ4v) is 2.78. The first kappa shape index (κ1) is 16.9. The summed E-state index contributed by atoms with van der Waals surface area (Å²) in [6.45, 7) is 8.30. The zero-order valence-corrected chi connectivity index (χ0v) is 13.1. The molecule has 1 heteroatoms. The summed E-state index contributed by atoms with van der Waals surface area (Å²) in [7, 11) is 0. The zero-order chi connectivity index (χ0) is 14.8. The van der Waals surface area contributed by atoms with Crippen molar-refractivity contribution in [2.24, 2.45) is 11.8 Å². The van der Waals surface area contributed by atoms with Crippen LogP contribution >= 0.6 is 0 Å². The highest BCUT2D eigenvalue weighted by Gasteiger charge is 2.14. The molecule has 0 aromatic rings. The molecule has 0 N–H and O–H groups in total. The van der Waals surface area contributed by atoms with Crippen molar-refractivity contribution in [2.45, 2.75) is 58.8 Å². The molecule has 1 rings (SSSR count). The Morgan fingerprint density at radius 3 is 2.70 bits per heavy atom. The molecule has 2 atom stereocenters. The summed E-state index contributed by atoms with van der Waals surface area (Å²) in [6.07, 6.45) is 17.2. The molecule has 2 unspecified atom stereocenters. The maximum atomic E-state index is 14.2. The summed E-state index contributed by atoms with van der Waals surface area (Å²) in [4.78, 5) is 0. The van der Waals surface area contributed by atoms with E-state index in [2.05, 4.69) is 32.6 Å². The molecule has 0 amide bonds. The van der Waals surface area contributed by atoms with Gasteiger partial charge in [0.25, 0.3) is 0 Å². The van der Waals surface area contributed by atoms with Crippen LogP contribution < -0.4 is 0 Å². The topological polar surface area (TPSA) is 0 Å². The number of hydrogen-bond acceptors (Lipinski definition) is 0. The van der Waals surface area contributed by atoms with E-state index in [-0.39, 0.29) is 11.7 Å². The van der Waals surface area contributed by atoms with E-state index >= 15 is 0 Å². The van der Waals surface area contributed by atoms with Gasteiger partial charge in [0.05, 0.1) is 0 Å². The van der Waals surface area contributed by atoms with Crippen molar-refractivity contribution in [3.63, 3.8) is 0 Å². The number of allylic oxidation sites excluding steroid dienone is 7. The van der Waals surface area contributed by atoms with Gasteiger partial charge in [-0.1, -0.05) is 57.6 Å². The highest BCUT2D eigenvalue weighted by Crippen LogP contribution is 2.28. The zero-order valence-electron chi connectivity index (χ0n) is 13.1. The summed E-state index contributed by atoms with van der Waals surface area (Å²) in [5.41, 5.74) is 1.18. The number of hydrogen-bond donors (Lipinski definition) is 0. The molecular formula is C19H29F. The Morgan fingerprint density at radius 1 is 1.35 bits per heavy atom. The lowest BCUT2D eigenvalue weighted by atomic mass is 9.89. The molecule has 0 bridgehead atoms. The van der Waals surface area contributed by atoms with Crippen LogP contribution in [0.4, 0.5) is 4.39 Å². The monoisotopic (exact) mass is 276 g/mol. The molecule has 0 fully saturated rings. The van der Waals surface area contributed by atoms with Gasteiger partial charge < -0.3 is 0 Å². The van der Waals surface area contributed by atoms with Crippen LogP contribution in [0.2, 0.25) is 0 Å². The molecule has 0 aromatic carbocycles. The van der Waals surface area contributed by atoms with Gasteiger partial charge in [-0.15, -0.1) is 0 Å². The first-order chi connectivity index (χ1) is 9.72. The van der Waals surface area contributed by atoms with Gasteiger partial charge in [0.2, 0.25) is 0 Å². The van der Waals surface area contributed by atoms with Crippen LogP contribution in [-0.4, -0.2) is 0 Å². The number of rotatable bonds is 8.